The van der Waals surface area contributed by atoms with E-state index in [1.165, 1.54) is 31.5 Å². The van der Waals surface area contributed by atoms with Crippen LogP contribution in [0.5, 0.6) is 0 Å². The number of halogens is 1. The highest BCUT2D eigenvalue weighted by Crippen LogP contribution is 2.42. The molecule has 5 nitrogen and oxygen atoms in total. The maximum absolute atomic E-state index is 12.3. The van der Waals surface area contributed by atoms with Crippen molar-refractivity contribution in [3.63, 3.8) is 0 Å². The first-order valence-electron chi connectivity index (χ1n) is 11.6. The highest BCUT2D eigenvalue weighted by atomic mass is 35.5. The average Bonchev–Trinajstić information content (AvgIpc) is 3.41. The zero-order valence-corrected chi connectivity index (χ0v) is 19.5. The minimum Gasteiger partial charge on any atom is -0.364 e. The van der Waals surface area contributed by atoms with E-state index in [2.05, 4.69) is 42.2 Å². The summed E-state index contributed by atoms with van der Waals surface area (Å²) in [5, 5.41) is 10.2. The number of nitrogens with two attached hydrogens (primary N) is 1. The zero-order chi connectivity index (χ0) is 22.7. The van der Waals surface area contributed by atoms with Crippen LogP contribution >= 0.6 is 11.6 Å². The number of rotatable bonds is 7. The first-order valence-corrected chi connectivity index (χ1v) is 12.0. The number of carbonyl (C=O) groups excluding carboxylic acids is 1. The lowest BCUT2D eigenvalue weighted by Gasteiger charge is -2.37. The van der Waals surface area contributed by atoms with Crippen molar-refractivity contribution in [2.24, 2.45) is 11.7 Å². The van der Waals surface area contributed by atoms with Gasteiger partial charge in [0, 0.05) is 24.9 Å². The van der Waals surface area contributed by atoms with E-state index in [0.29, 0.717) is 18.0 Å². The number of amides is 1. The van der Waals surface area contributed by atoms with Gasteiger partial charge in [0.2, 0.25) is 0 Å². The van der Waals surface area contributed by atoms with Crippen molar-refractivity contribution in [2.75, 3.05) is 32.7 Å². The quantitative estimate of drug-likeness (QED) is 0.502. The number of quaternary nitrogens is 1. The van der Waals surface area contributed by atoms with Crippen molar-refractivity contribution in [2.45, 2.75) is 38.6 Å². The standard InChI is InChI=1S/C26H31ClN4O/c1-19-16-25(26(29)32)31(18-19,15-11-28)24-17-22(8-9-23(24)27)21-6-4-20(5-7-21)10-14-30-12-2-3-13-30/h4-9,17,19,25H,2-3,10,12-16,18H2,1H3,(H-,29,32)/p+1/t19-,25-,31?/m0/s1. The fourth-order valence-electron chi connectivity index (χ4n) is 5.54. The van der Waals surface area contributed by atoms with E-state index < -0.39 is 6.04 Å². The second-order valence-electron chi connectivity index (χ2n) is 9.45. The van der Waals surface area contributed by atoms with Crippen LogP contribution in [0.4, 0.5) is 5.69 Å². The van der Waals surface area contributed by atoms with E-state index in [4.69, 9.17) is 17.3 Å². The predicted molar refractivity (Wildman–Crippen MR) is 130 cm³/mol. The number of nitriles is 1. The Morgan fingerprint density at radius 2 is 1.88 bits per heavy atom. The summed E-state index contributed by atoms with van der Waals surface area (Å²) in [4.78, 5) is 14.9. The Balaban J connectivity index is 1.62. The smallest absolute Gasteiger partial charge is 0.276 e. The molecule has 4 rings (SSSR count). The van der Waals surface area contributed by atoms with Crippen LogP contribution in [-0.2, 0) is 11.2 Å². The largest absolute Gasteiger partial charge is 0.364 e. The van der Waals surface area contributed by atoms with Gasteiger partial charge in [-0.2, -0.15) is 5.26 Å². The summed E-state index contributed by atoms with van der Waals surface area (Å²) in [5.74, 6) is -0.0797. The highest BCUT2D eigenvalue weighted by Gasteiger charge is 2.51. The molecule has 2 heterocycles. The molecule has 0 aliphatic carbocycles. The lowest BCUT2D eigenvalue weighted by molar-refractivity contribution is -0.121. The van der Waals surface area contributed by atoms with Gasteiger partial charge in [-0.3, -0.25) is 9.28 Å². The van der Waals surface area contributed by atoms with Crippen LogP contribution in [0.3, 0.4) is 0 Å². The molecule has 2 aliphatic rings. The Kier molecular flexibility index (Phi) is 6.85. The molecule has 168 valence electrons. The van der Waals surface area contributed by atoms with Gasteiger partial charge in [-0.25, -0.2) is 0 Å². The lowest BCUT2D eigenvalue weighted by atomic mass is 10.0. The number of carbonyl (C=O) groups is 1. The van der Waals surface area contributed by atoms with Gasteiger partial charge in [0.15, 0.2) is 18.3 Å². The first-order chi connectivity index (χ1) is 15.4. The molecule has 2 aromatic rings. The summed E-state index contributed by atoms with van der Waals surface area (Å²) in [7, 11) is 0. The minimum atomic E-state index is -0.439. The van der Waals surface area contributed by atoms with Crippen LogP contribution in [0.2, 0.25) is 5.02 Å². The number of hydrogen-bond acceptors (Lipinski definition) is 3. The molecule has 2 aromatic carbocycles. The van der Waals surface area contributed by atoms with Crippen molar-refractivity contribution in [1.29, 1.82) is 5.26 Å². The molecule has 0 radical (unpaired) electrons. The molecule has 2 aliphatic heterocycles. The van der Waals surface area contributed by atoms with Gasteiger partial charge < -0.3 is 10.6 Å². The van der Waals surface area contributed by atoms with Gasteiger partial charge in [-0.1, -0.05) is 48.9 Å². The van der Waals surface area contributed by atoms with E-state index in [1.54, 1.807) is 0 Å². The molecular weight excluding hydrogens is 420 g/mol. The molecule has 1 amide bonds. The predicted octanol–water partition coefficient (Wildman–Crippen LogP) is 4.37. The third-order valence-corrected chi connectivity index (χ3v) is 7.49. The number of benzene rings is 2. The third kappa shape index (κ3) is 4.54. The fraction of sp³-hybridized carbons (Fsp3) is 0.462. The number of hydrogen-bond donors (Lipinski definition) is 1. The van der Waals surface area contributed by atoms with Crippen LogP contribution in [0.25, 0.3) is 11.1 Å². The van der Waals surface area contributed by atoms with Crippen LogP contribution in [0, 0.1) is 17.2 Å². The van der Waals surface area contributed by atoms with Crippen molar-refractivity contribution < 1.29 is 4.79 Å². The molecular formula is C26H32ClN4O+. The van der Waals surface area contributed by atoms with Crippen LogP contribution in [-0.4, -0.2) is 49.6 Å². The van der Waals surface area contributed by atoms with Gasteiger partial charge in [0.1, 0.15) is 11.1 Å². The summed E-state index contributed by atoms with van der Waals surface area (Å²) in [6, 6.07) is 16.5. The Labute approximate surface area is 196 Å². The van der Waals surface area contributed by atoms with E-state index in [9.17, 15) is 10.1 Å². The summed E-state index contributed by atoms with van der Waals surface area (Å²) >= 11 is 6.65. The van der Waals surface area contributed by atoms with Gasteiger partial charge in [0.05, 0.1) is 6.54 Å². The monoisotopic (exact) mass is 451 g/mol. The lowest BCUT2D eigenvalue weighted by Crippen LogP contribution is -2.58. The molecule has 2 fully saturated rings. The minimum absolute atomic E-state index is 0.177. The van der Waals surface area contributed by atoms with Crippen LogP contribution < -0.4 is 10.2 Å². The average molecular weight is 452 g/mol. The van der Waals surface area contributed by atoms with Gasteiger partial charge in [-0.05, 0) is 55.1 Å². The molecule has 1 unspecified atom stereocenters. The molecule has 0 aromatic heterocycles. The van der Waals surface area contributed by atoms with Crippen molar-refractivity contribution in [3.05, 3.63) is 53.1 Å². The van der Waals surface area contributed by atoms with Crippen molar-refractivity contribution >= 4 is 23.2 Å². The Hall–Kier alpha value is -2.39. The van der Waals surface area contributed by atoms with E-state index in [1.807, 2.05) is 18.2 Å². The number of primary amides is 1. The summed E-state index contributed by atoms with van der Waals surface area (Å²) in [6.45, 7) is 6.52. The molecule has 2 saturated heterocycles. The van der Waals surface area contributed by atoms with Crippen LogP contribution in [0.15, 0.2) is 42.5 Å². The van der Waals surface area contributed by atoms with Crippen molar-refractivity contribution in [3.8, 4) is 17.2 Å². The molecule has 0 saturated carbocycles. The normalized spacial score (nSPS) is 25.7. The fourth-order valence-corrected chi connectivity index (χ4v) is 5.83. The summed E-state index contributed by atoms with van der Waals surface area (Å²) < 4.78 is 0.216. The number of nitrogens with zero attached hydrogens (tertiary/aromatic N) is 3. The second-order valence-corrected chi connectivity index (χ2v) is 9.86. The topological polar surface area (TPSA) is 70.1 Å². The van der Waals surface area contributed by atoms with Crippen molar-refractivity contribution in [1.82, 2.24) is 9.38 Å². The second kappa shape index (κ2) is 9.62. The highest BCUT2D eigenvalue weighted by molar-refractivity contribution is 6.33. The zero-order valence-electron chi connectivity index (χ0n) is 18.8. The first kappa shape index (κ1) is 22.8. The summed E-state index contributed by atoms with van der Waals surface area (Å²) in [5.41, 5.74) is 10.1. The third-order valence-electron chi connectivity index (χ3n) is 7.17. The molecule has 32 heavy (non-hydrogen) atoms. The Morgan fingerprint density at radius 3 is 2.53 bits per heavy atom. The molecule has 2 N–H and O–H groups in total. The van der Waals surface area contributed by atoms with E-state index >= 15 is 0 Å². The summed E-state index contributed by atoms with van der Waals surface area (Å²) in [6.07, 6.45) is 4.37. The molecule has 0 bridgehead atoms. The molecule has 6 heteroatoms. The Morgan fingerprint density at radius 1 is 1.19 bits per heavy atom. The SMILES string of the molecule is C[C@H]1C[C@@H](C(N)=O)[N+](CC#N)(c2cc(-c3ccc(CCN4CCCC4)cc3)ccc2Cl)C1. The van der Waals surface area contributed by atoms with Gasteiger partial charge in [-0.15, -0.1) is 0 Å². The van der Waals surface area contributed by atoms with Crippen LogP contribution in [0.1, 0.15) is 31.7 Å². The van der Waals surface area contributed by atoms with E-state index in [0.717, 1.165) is 29.8 Å². The number of likely N-dealkylation sites (tertiary alicyclic amines) is 2. The molecule has 0 spiro atoms. The van der Waals surface area contributed by atoms with Gasteiger partial charge in [0.25, 0.3) is 5.91 Å². The Bertz CT molecular complexity index is 1010. The van der Waals surface area contributed by atoms with E-state index in [-0.39, 0.29) is 22.9 Å². The maximum Gasteiger partial charge on any atom is 0.276 e. The molecule has 3 atom stereocenters. The van der Waals surface area contributed by atoms with Gasteiger partial charge >= 0.3 is 0 Å². The maximum atomic E-state index is 12.3.